The van der Waals surface area contributed by atoms with Crippen LogP contribution in [0.5, 0.6) is 5.75 Å². The minimum absolute atomic E-state index is 0.00189. The van der Waals surface area contributed by atoms with E-state index < -0.39 is 0 Å². The van der Waals surface area contributed by atoms with E-state index in [2.05, 4.69) is 10.1 Å². The number of fused-ring (bicyclic) bond motifs is 1. The van der Waals surface area contributed by atoms with Crippen LogP contribution in [-0.4, -0.2) is 32.1 Å². The number of aromatic nitrogens is 3. The zero-order chi connectivity index (χ0) is 17.9. The van der Waals surface area contributed by atoms with Crippen molar-refractivity contribution in [1.29, 1.82) is 0 Å². The summed E-state index contributed by atoms with van der Waals surface area (Å²) in [7, 11) is 0. The molecule has 4 rings (SSSR count). The molecule has 2 aromatic heterocycles. The maximum atomic E-state index is 12.8. The van der Waals surface area contributed by atoms with E-state index in [-0.39, 0.29) is 5.91 Å². The number of aryl methyl sites for hydroxylation is 1. The summed E-state index contributed by atoms with van der Waals surface area (Å²) in [5.41, 5.74) is 3.40. The van der Waals surface area contributed by atoms with Gasteiger partial charge in [0, 0.05) is 25.0 Å². The standard InChI is InChI=1S/C20H20N4O2/c1-15-16(6-5-9-21-15)13-23-10-11-24-19(20(23)25)12-17(22-24)14-26-18-7-3-2-4-8-18/h2-9,12H,10-11,13-14H2,1H3. The summed E-state index contributed by atoms with van der Waals surface area (Å²) >= 11 is 0. The van der Waals surface area contributed by atoms with Crippen molar-refractivity contribution in [2.24, 2.45) is 0 Å². The first-order valence-electron chi connectivity index (χ1n) is 8.65. The molecule has 3 heterocycles. The number of ether oxygens (including phenoxy) is 1. The van der Waals surface area contributed by atoms with Crippen LogP contribution in [0.1, 0.15) is 27.4 Å². The molecule has 26 heavy (non-hydrogen) atoms. The average Bonchev–Trinajstić information content (AvgIpc) is 3.09. The summed E-state index contributed by atoms with van der Waals surface area (Å²) in [5.74, 6) is 0.788. The lowest BCUT2D eigenvalue weighted by atomic mass is 10.1. The highest BCUT2D eigenvalue weighted by atomic mass is 16.5. The van der Waals surface area contributed by atoms with E-state index in [1.807, 2.05) is 60.4 Å². The molecule has 0 saturated carbocycles. The number of benzene rings is 1. The Bertz CT molecular complexity index is 921. The van der Waals surface area contributed by atoms with Crippen molar-refractivity contribution in [3.63, 3.8) is 0 Å². The summed E-state index contributed by atoms with van der Waals surface area (Å²) in [6.45, 7) is 4.21. The second-order valence-corrected chi connectivity index (χ2v) is 6.32. The van der Waals surface area contributed by atoms with Crippen molar-refractivity contribution in [2.45, 2.75) is 26.6 Å². The lowest BCUT2D eigenvalue weighted by molar-refractivity contribution is 0.0683. The topological polar surface area (TPSA) is 60.3 Å². The molecular weight excluding hydrogens is 328 g/mol. The molecular formula is C20H20N4O2. The zero-order valence-corrected chi connectivity index (χ0v) is 14.6. The predicted molar refractivity (Wildman–Crippen MR) is 96.7 cm³/mol. The third-order valence-electron chi connectivity index (χ3n) is 4.53. The van der Waals surface area contributed by atoms with Crippen molar-refractivity contribution in [2.75, 3.05) is 6.54 Å². The van der Waals surface area contributed by atoms with Gasteiger partial charge in [-0.3, -0.25) is 14.5 Å². The molecule has 6 nitrogen and oxygen atoms in total. The van der Waals surface area contributed by atoms with Crippen LogP contribution >= 0.6 is 0 Å². The van der Waals surface area contributed by atoms with Crippen LogP contribution in [-0.2, 0) is 19.7 Å². The van der Waals surface area contributed by atoms with Crippen molar-refractivity contribution in [3.8, 4) is 5.75 Å². The molecule has 0 bridgehead atoms. The number of carbonyl (C=O) groups is 1. The zero-order valence-electron chi connectivity index (χ0n) is 14.6. The average molecular weight is 348 g/mol. The molecule has 0 N–H and O–H groups in total. The highest BCUT2D eigenvalue weighted by Crippen LogP contribution is 2.18. The Morgan fingerprint density at radius 1 is 1.12 bits per heavy atom. The normalized spacial score (nSPS) is 13.6. The monoisotopic (exact) mass is 348 g/mol. The van der Waals surface area contributed by atoms with Crippen LogP contribution in [0.3, 0.4) is 0 Å². The third-order valence-corrected chi connectivity index (χ3v) is 4.53. The highest BCUT2D eigenvalue weighted by molar-refractivity contribution is 5.93. The minimum atomic E-state index is -0.00189. The lowest BCUT2D eigenvalue weighted by Crippen LogP contribution is -2.40. The molecule has 0 fully saturated rings. The van der Waals surface area contributed by atoms with Crippen molar-refractivity contribution in [1.82, 2.24) is 19.7 Å². The number of pyridine rings is 1. The minimum Gasteiger partial charge on any atom is -0.487 e. The van der Waals surface area contributed by atoms with Crippen LogP contribution in [0.15, 0.2) is 54.7 Å². The second-order valence-electron chi connectivity index (χ2n) is 6.32. The van der Waals surface area contributed by atoms with Gasteiger partial charge in [-0.2, -0.15) is 5.10 Å². The third kappa shape index (κ3) is 3.31. The van der Waals surface area contributed by atoms with Gasteiger partial charge < -0.3 is 9.64 Å². The first kappa shape index (κ1) is 16.3. The van der Waals surface area contributed by atoms with E-state index in [1.54, 1.807) is 10.9 Å². The first-order chi connectivity index (χ1) is 12.7. The molecule has 0 spiro atoms. The number of amides is 1. The number of carbonyl (C=O) groups excluding carboxylic acids is 1. The summed E-state index contributed by atoms with van der Waals surface area (Å²) in [6.07, 6.45) is 1.77. The van der Waals surface area contributed by atoms with Crippen molar-refractivity contribution in [3.05, 3.63) is 77.4 Å². The number of nitrogens with zero attached hydrogens (tertiary/aromatic N) is 4. The SMILES string of the molecule is Cc1ncccc1CN1CCn2nc(COc3ccccc3)cc2C1=O. The fraction of sp³-hybridized carbons (Fsp3) is 0.250. The van der Waals surface area contributed by atoms with E-state index in [4.69, 9.17) is 4.74 Å². The highest BCUT2D eigenvalue weighted by Gasteiger charge is 2.26. The Kier molecular flexibility index (Phi) is 4.39. The Balaban J connectivity index is 1.46. The van der Waals surface area contributed by atoms with Gasteiger partial charge in [0.1, 0.15) is 23.7 Å². The van der Waals surface area contributed by atoms with E-state index in [0.717, 1.165) is 22.7 Å². The van der Waals surface area contributed by atoms with Gasteiger partial charge in [-0.1, -0.05) is 24.3 Å². The van der Waals surface area contributed by atoms with Crippen molar-refractivity contribution >= 4 is 5.91 Å². The molecule has 1 amide bonds. The maximum Gasteiger partial charge on any atom is 0.272 e. The molecule has 1 aliphatic heterocycles. The summed E-state index contributed by atoms with van der Waals surface area (Å²) < 4.78 is 7.51. The van der Waals surface area contributed by atoms with Gasteiger partial charge in [0.2, 0.25) is 0 Å². The van der Waals surface area contributed by atoms with Gasteiger partial charge in [-0.25, -0.2) is 0 Å². The summed E-state index contributed by atoms with van der Waals surface area (Å²) in [6, 6.07) is 15.3. The molecule has 3 aromatic rings. The Labute approximate surface area is 152 Å². The molecule has 132 valence electrons. The van der Waals surface area contributed by atoms with E-state index in [0.29, 0.717) is 31.9 Å². The number of hydrogen-bond acceptors (Lipinski definition) is 4. The molecule has 6 heteroatoms. The fourth-order valence-electron chi connectivity index (χ4n) is 3.08. The van der Waals surface area contributed by atoms with Gasteiger partial charge in [-0.05, 0) is 36.8 Å². The molecule has 0 atom stereocenters. The molecule has 1 aliphatic rings. The Hall–Kier alpha value is -3.15. The Morgan fingerprint density at radius 3 is 2.77 bits per heavy atom. The molecule has 0 radical (unpaired) electrons. The van der Waals surface area contributed by atoms with E-state index in [1.165, 1.54) is 0 Å². The van der Waals surface area contributed by atoms with E-state index >= 15 is 0 Å². The Morgan fingerprint density at radius 2 is 1.96 bits per heavy atom. The second kappa shape index (κ2) is 7.00. The molecule has 1 aromatic carbocycles. The van der Waals surface area contributed by atoms with Gasteiger partial charge in [0.15, 0.2) is 0 Å². The van der Waals surface area contributed by atoms with Gasteiger partial charge in [-0.15, -0.1) is 0 Å². The van der Waals surface area contributed by atoms with Crippen LogP contribution in [0.2, 0.25) is 0 Å². The molecule has 0 aliphatic carbocycles. The fourth-order valence-corrected chi connectivity index (χ4v) is 3.08. The summed E-state index contributed by atoms with van der Waals surface area (Å²) in [4.78, 5) is 19.0. The molecule has 0 saturated heterocycles. The number of para-hydroxylation sites is 1. The molecule has 0 unspecified atom stereocenters. The van der Waals surface area contributed by atoms with Crippen LogP contribution in [0, 0.1) is 6.92 Å². The van der Waals surface area contributed by atoms with Gasteiger partial charge in [0.05, 0.1) is 6.54 Å². The quantitative estimate of drug-likeness (QED) is 0.711. The lowest BCUT2D eigenvalue weighted by Gasteiger charge is -2.27. The van der Waals surface area contributed by atoms with Gasteiger partial charge >= 0.3 is 0 Å². The largest absolute Gasteiger partial charge is 0.487 e. The predicted octanol–water partition coefficient (Wildman–Crippen LogP) is 2.82. The number of hydrogen-bond donors (Lipinski definition) is 0. The number of rotatable bonds is 5. The van der Waals surface area contributed by atoms with Crippen LogP contribution in [0.4, 0.5) is 0 Å². The van der Waals surface area contributed by atoms with E-state index in [9.17, 15) is 4.79 Å². The van der Waals surface area contributed by atoms with Gasteiger partial charge in [0.25, 0.3) is 5.91 Å². The van der Waals surface area contributed by atoms with Crippen LogP contribution in [0.25, 0.3) is 0 Å². The first-order valence-corrected chi connectivity index (χ1v) is 8.65. The van der Waals surface area contributed by atoms with Crippen LogP contribution < -0.4 is 4.74 Å². The summed E-state index contributed by atoms with van der Waals surface area (Å²) in [5, 5.41) is 4.51. The van der Waals surface area contributed by atoms with Crippen molar-refractivity contribution < 1.29 is 9.53 Å². The maximum absolute atomic E-state index is 12.8. The smallest absolute Gasteiger partial charge is 0.272 e.